The van der Waals surface area contributed by atoms with E-state index in [1.165, 1.54) is 0 Å². The van der Waals surface area contributed by atoms with Crippen molar-refractivity contribution in [3.8, 4) is 11.5 Å². The molecule has 1 aliphatic rings. The molecular formula is C19H22N2O2. The van der Waals surface area contributed by atoms with Crippen molar-refractivity contribution in [1.82, 2.24) is 4.90 Å². The van der Waals surface area contributed by atoms with Gasteiger partial charge in [-0.3, -0.25) is 9.69 Å². The van der Waals surface area contributed by atoms with Crippen LogP contribution in [0, 0.1) is 0 Å². The van der Waals surface area contributed by atoms with Crippen molar-refractivity contribution in [2.75, 3.05) is 6.54 Å². The first-order valence-electron chi connectivity index (χ1n) is 8.07. The number of piperidine rings is 1. The molecule has 120 valence electrons. The molecule has 1 aliphatic heterocycles. The first-order valence-corrected chi connectivity index (χ1v) is 8.07. The molecule has 1 atom stereocenters. The lowest BCUT2D eigenvalue weighted by atomic mass is 10.0. The fourth-order valence-corrected chi connectivity index (χ4v) is 3.07. The van der Waals surface area contributed by atoms with E-state index in [0.717, 1.165) is 49.4 Å². The summed E-state index contributed by atoms with van der Waals surface area (Å²) in [6, 6.07) is 17.6. The second-order valence-corrected chi connectivity index (χ2v) is 5.95. The van der Waals surface area contributed by atoms with Crippen LogP contribution in [-0.2, 0) is 11.3 Å². The smallest absolute Gasteiger partial charge is 0.234 e. The Morgan fingerprint density at radius 3 is 2.65 bits per heavy atom. The molecule has 4 nitrogen and oxygen atoms in total. The van der Waals surface area contributed by atoms with Gasteiger partial charge in [-0.25, -0.2) is 0 Å². The molecule has 0 aromatic heterocycles. The van der Waals surface area contributed by atoms with Crippen LogP contribution in [0.1, 0.15) is 24.8 Å². The number of carbonyl (C=O) groups excluding carboxylic acids is 1. The van der Waals surface area contributed by atoms with Gasteiger partial charge in [-0.15, -0.1) is 0 Å². The normalized spacial score (nSPS) is 18.5. The summed E-state index contributed by atoms with van der Waals surface area (Å²) in [7, 11) is 0. The first-order chi connectivity index (χ1) is 11.2. The number of nitrogens with two attached hydrogens (primary N) is 1. The van der Waals surface area contributed by atoms with E-state index in [1.54, 1.807) is 0 Å². The topological polar surface area (TPSA) is 55.6 Å². The fraction of sp³-hybridized carbons (Fsp3) is 0.316. The van der Waals surface area contributed by atoms with E-state index in [4.69, 9.17) is 10.5 Å². The molecule has 0 bridgehead atoms. The number of hydrogen-bond donors (Lipinski definition) is 1. The van der Waals surface area contributed by atoms with E-state index >= 15 is 0 Å². The standard InChI is InChI=1S/C19H22N2O2/c20-19(22)18-11-4-5-12-21(18)14-15-7-6-10-17(13-15)23-16-8-2-1-3-9-16/h1-3,6-10,13,18H,4-5,11-12,14H2,(H2,20,22). The van der Waals surface area contributed by atoms with E-state index in [1.807, 2.05) is 48.5 Å². The Morgan fingerprint density at radius 1 is 1.09 bits per heavy atom. The summed E-state index contributed by atoms with van der Waals surface area (Å²) >= 11 is 0. The third-order valence-electron chi connectivity index (χ3n) is 4.21. The Balaban J connectivity index is 1.70. The lowest BCUT2D eigenvalue weighted by Gasteiger charge is -2.33. The lowest BCUT2D eigenvalue weighted by Crippen LogP contribution is -2.47. The van der Waals surface area contributed by atoms with Gasteiger partial charge in [0, 0.05) is 6.54 Å². The molecule has 23 heavy (non-hydrogen) atoms. The van der Waals surface area contributed by atoms with E-state index in [9.17, 15) is 4.79 Å². The van der Waals surface area contributed by atoms with Gasteiger partial charge in [0.1, 0.15) is 11.5 Å². The number of primary amides is 1. The van der Waals surface area contributed by atoms with Crippen LogP contribution in [0.5, 0.6) is 11.5 Å². The summed E-state index contributed by atoms with van der Waals surface area (Å²) in [4.78, 5) is 13.8. The molecule has 3 rings (SSSR count). The Morgan fingerprint density at radius 2 is 1.87 bits per heavy atom. The van der Waals surface area contributed by atoms with Crippen molar-refractivity contribution in [2.24, 2.45) is 5.73 Å². The van der Waals surface area contributed by atoms with Gasteiger partial charge in [-0.1, -0.05) is 36.8 Å². The third-order valence-corrected chi connectivity index (χ3v) is 4.21. The zero-order valence-corrected chi connectivity index (χ0v) is 13.2. The number of benzene rings is 2. The van der Waals surface area contributed by atoms with Crippen molar-refractivity contribution in [3.63, 3.8) is 0 Å². The number of ether oxygens (including phenoxy) is 1. The van der Waals surface area contributed by atoms with Crippen LogP contribution in [-0.4, -0.2) is 23.4 Å². The Kier molecular flexibility index (Phi) is 4.93. The minimum atomic E-state index is -0.221. The van der Waals surface area contributed by atoms with Crippen molar-refractivity contribution in [2.45, 2.75) is 31.8 Å². The van der Waals surface area contributed by atoms with Crippen molar-refractivity contribution >= 4 is 5.91 Å². The molecule has 0 radical (unpaired) electrons. The van der Waals surface area contributed by atoms with Crippen LogP contribution >= 0.6 is 0 Å². The van der Waals surface area contributed by atoms with E-state index in [2.05, 4.69) is 11.0 Å². The molecule has 2 N–H and O–H groups in total. The van der Waals surface area contributed by atoms with Gasteiger partial charge in [0.25, 0.3) is 0 Å². The maximum absolute atomic E-state index is 11.6. The highest BCUT2D eigenvalue weighted by Crippen LogP contribution is 2.24. The molecule has 0 saturated carbocycles. The van der Waals surface area contributed by atoms with Crippen molar-refractivity contribution in [1.29, 1.82) is 0 Å². The largest absolute Gasteiger partial charge is 0.457 e. The second-order valence-electron chi connectivity index (χ2n) is 5.95. The van der Waals surface area contributed by atoms with Gasteiger partial charge in [-0.05, 0) is 49.2 Å². The molecule has 0 spiro atoms. The van der Waals surface area contributed by atoms with E-state index in [-0.39, 0.29) is 11.9 Å². The average molecular weight is 310 g/mol. The van der Waals surface area contributed by atoms with Crippen LogP contribution < -0.4 is 10.5 Å². The zero-order valence-electron chi connectivity index (χ0n) is 13.2. The molecule has 1 unspecified atom stereocenters. The van der Waals surface area contributed by atoms with E-state index in [0.29, 0.717) is 0 Å². The fourth-order valence-electron chi connectivity index (χ4n) is 3.07. The van der Waals surface area contributed by atoms with Gasteiger partial charge < -0.3 is 10.5 Å². The zero-order chi connectivity index (χ0) is 16.1. The predicted octanol–water partition coefficient (Wildman–Crippen LogP) is 3.32. The summed E-state index contributed by atoms with van der Waals surface area (Å²) in [5.41, 5.74) is 6.67. The molecule has 2 aromatic rings. The van der Waals surface area contributed by atoms with Gasteiger partial charge in [0.2, 0.25) is 5.91 Å². The summed E-state index contributed by atoms with van der Waals surface area (Å²) < 4.78 is 5.87. The molecule has 1 fully saturated rings. The molecule has 1 saturated heterocycles. The van der Waals surface area contributed by atoms with Crippen LogP contribution in [0.2, 0.25) is 0 Å². The monoisotopic (exact) mass is 310 g/mol. The number of carbonyl (C=O) groups is 1. The Labute approximate surface area is 136 Å². The average Bonchev–Trinajstić information content (AvgIpc) is 2.56. The quantitative estimate of drug-likeness (QED) is 0.921. The molecule has 2 aromatic carbocycles. The number of nitrogens with zero attached hydrogens (tertiary/aromatic N) is 1. The van der Waals surface area contributed by atoms with Crippen molar-refractivity contribution < 1.29 is 9.53 Å². The second kappa shape index (κ2) is 7.29. The summed E-state index contributed by atoms with van der Waals surface area (Å²) in [6.07, 6.45) is 3.04. The van der Waals surface area contributed by atoms with Crippen LogP contribution in [0.15, 0.2) is 54.6 Å². The van der Waals surface area contributed by atoms with Gasteiger partial charge >= 0.3 is 0 Å². The maximum Gasteiger partial charge on any atom is 0.234 e. The van der Waals surface area contributed by atoms with Gasteiger partial charge in [0.05, 0.1) is 6.04 Å². The number of para-hydroxylation sites is 1. The third kappa shape index (κ3) is 4.11. The number of likely N-dealkylation sites (tertiary alicyclic amines) is 1. The number of hydrogen-bond acceptors (Lipinski definition) is 3. The summed E-state index contributed by atoms with van der Waals surface area (Å²) in [6.45, 7) is 1.64. The number of rotatable bonds is 5. The minimum absolute atomic E-state index is 0.151. The predicted molar refractivity (Wildman–Crippen MR) is 90.2 cm³/mol. The SMILES string of the molecule is NC(=O)C1CCCCN1Cc1cccc(Oc2ccccc2)c1. The molecule has 1 heterocycles. The number of amides is 1. The summed E-state index contributed by atoms with van der Waals surface area (Å²) in [5, 5.41) is 0. The maximum atomic E-state index is 11.6. The Bertz CT molecular complexity index is 657. The van der Waals surface area contributed by atoms with E-state index < -0.39 is 0 Å². The van der Waals surface area contributed by atoms with Gasteiger partial charge in [0.15, 0.2) is 0 Å². The molecule has 0 aliphatic carbocycles. The van der Waals surface area contributed by atoms with Crippen molar-refractivity contribution in [3.05, 3.63) is 60.2 Å². The molecular weight excluding hydrogens is 288 g/mol. The van der Waals surface area contributed by atoms with Crippen LogP contribution in [0.3, 0.4) is 0 Å². The first kappa shape index (κ1) is 15.6. The highest BCUT2D eigenvalue weighted by atomic mass is 16.5. The van der Waals surface area contributed by atoms with Crippen LogP contribution in [0.4, 0.5) is 0 Å². The summed E-state index contributed by atoms with van der Waals surface area (Å²) in [5.74, 6) is 1.40. The highest BCUT2D eigenvalue weighted by Gasteiger charge is 2.26. The molecule has 4 heteroatoms. The Hall–Kier alpha value is -2.33. The highest BCUT2D eigenvalue weighted by molar-refractivity contribution is 5.79. The van der Waals surface area contributed by atoms with Gasteiger partial charge in [-0.2, -0.15) is 0 Å². The lowest BCUT2D eigenvalue weighted by molar-refractivity contribution is -0.124. The van der Waals surface area contributed by atoms with Crippen LogP contribution in [0.25, 0.3) is 0 Å². The minimum Gasteiger partial charge on any atom is -0.457 e. The molecule has 1 amide bonds.